The van der Waals surface area contributed by atoms with E-state index in [9.17, 15) is 36.2 Å². The lowest BCUT2D eigenvalue weighted by molar-refractivity contribution is -0.488. The third-order valence-electron chi connectivity index (χ3n) is 3.34. The number of carbonyl (C=O) groups is 1. The first-order chi connectivity index (χ1) is 8.99. The molecule has 0 amide bonds. The van der Waals surface area contributed by atoms with Gasteiger partial charge in [-0.2, -0.15) is 26.3 Å². The van der Waals surface area contributed by atoms with E-state index in [0.717, 1.165) is 12.1 Å². The zero-order valence-corrected chi connectivity index (χ0v) is 9.72. The molecule has 0 spiro atoms. The molecular weight excluding hydrogens is 290 g/mol. The number of hydrogen-bond acceptors (Lipinski definition) is 2. The fraction of sp³-hybridized carbons (Fsp3) is 0.417. The highest BCUT2D eigenvalue weighted by atomic mass is 19.4. The van der Waals surface area contributed by atoms with Crippen molar-refractivity contribution in [2.75, 3.05) is 0 Å². The molecule has 0 bridgehead atoms. The first kappa shape index (κ1) is 14.8. The molecule has 2 rings (SSSR count). The van der Waals surface area contributed by atoms with Crippen molar-refractivity contribution in [3.05, 3.63) is 35.9 Å². The van der Waals surface area contributed by atoms with Crippen LogP contribution in [0.2, 0.25) is 0 Å². The monoisotopic (exact) mass is 298 g/mol. The standard InChI is InChI=1S/C12H8F6O2/c13-10(14)9(20,11(15,16)12(10,17)18)6-8(19)7-4-2-1-3-5-7/h1-5,20H,6H2. The Morgan fingerprint density at radius 1 is 0.900 bits per heavy atom. The molecule has 1 aromatic rings. The zero-order chi connectivity index (χ0) is 15.4. The summed E-state index contributed by atoms with van der Waals surface area (Å²) in [7, 11) is 0. The number of rotatable bonds is 3. The topological polar surface area (TPSA) is 37.3 Å². The lowest BCUT2D eigenvalue weighted by Crippen LogP contribution is -2.86. The summed E-state index contributed by atoms with van der Waals surface area (Å²) in [4.78, 5) is 11.6. The third kappa shape index (κ3) is 1.48. The van der Waals surface area contributed by atoms with Gasteiger partial charge in [-0.15, -0.1) is 0 Å². The summed E-state index contributed by atoms with van der Waals surface area (Å²) in [5, 5.41) is 9.23. The summed E-state index contributed by atoms with van der Waals surface area (Å²) in [6.07, 6.45) is -1.80. The largest absolute Gasteiger partial charge is 0.378 e. The van der Waals surface area contributed by atoms with Crippen LogP contribution in [0.1, 0.15) is 16.8 Å². The quantitative estimate of drug-likeness (QED) is 0.688. The van der Waals surface area contributed by atoms with Crippen molar-refractivity contribution in [3.63, 3.8) is 0 Å². The maximum absolute atomic E-state index is 13.1. The molecule has 0 radical (unpaired) electrons. The summed E-state index contributed by atoms with van der Waals surface area (Å²) in [5.74, 6) is -17.7. The first-order valence-electron chi connectivity index (χ1n) is 5.43. The minimum absolute atomic E-state index is 0.234. The summed E-state index contributed by atoms with van der Waals surface area (Å²) >= 11 is 0. The van der Waals surface area contributed by atoms with Gasteiger partial charge in [0, 0.05) is 5.56 Å². The second-order valence-corrected chi connectivity index (χ2v) is 4.55. The van der Waals surface area contributed by atoms with E-state index in [0.29, 0.717) is 0 Å². The molecule has 1 aromatic carbocycles. The minimum atomic E-state index is -5.69. The van der Waals surface area contributed by atoms with E-state index in [4.69, 9.17) is 0 Å². The van der Waals surface area contributed by atoms with Crippen LogP contribution >= 0.6 is 0 Å². The lowest BCUT2D eigenvalue weighted by Gasteiger charge is -2.55. The van der Waals surface area contributed by atoms with E-state index >= 15 is 0 Å². The molecule has 2 nitrogen and oxygen atoms in total. The molecule has 0 unspecified atom stereocenters. The highest BCUT2D eigenvalue weighted by Gasteiger charge is 2.98. The van der Waals surface area contributed by atoms with Crippen LogP contribution in [-0.4, -0.2) is 34.3 Å². The molecule has 0 atom stereocenters. The van der Waals surface area contributed by atoms with Crippen molar-refractivity contribution in [3.8, 4) is 0 Å². The third-order valence-corrected chi connectivity index (χ3v) is 3.34. The average molecular weight is 298 g/mol. The second-order valence-electron chi connectivity index (χ2n) is 4.55. The van der Waals surface area contributed by atoms with Crippen molar-refractivity contribution in [1.29, 1.82) is 0 Å². The van der Waals surface area contributed by atoms with Crippen LogP contribution in [0.15, 0.2) is 30.3 Å². The summed E-state index contributed by atoms with van der Waals surface area (Å²) < 4.78 is 77.8. The van der Waals surface area contributed by atoms with Gasteiger partial charge in [0.05, 0.1) is 6.42 Å². The normalized spacial score (nSPS) is 24.8. The Morgan fingerprint density at radius 2 is 1.35 bits per heavy atom. The lowest BCUT2D eigenvalue weighted by atomic mass is 9.65. The van der Waals surface area contributed by atoms with E-state index in [1.165, 1.54) is 18.2 Å². The predicted molar refractivity (Wildman–Crippen MR) is 55.2 cm³/mol. The number of benzene rings is 1. The van der Waals surface area contributed by atoms with E-state index in [2.05, 4.69) is 0 Å². The molecule has 0 aliphatic heterocycles. The van der Waals surface area contributed by atoms with Gasteiger partial charge in [0.25, 0.3) is 0 Å². The number of alkyl halides is 6. The smallest absolute Gasteiger partial charge is 0.377 e. The van der Waals surface area contributed by atoms with Gasteiger partial charge in [0.2, 0.25) is 5.60 Å². The summed E-state index contributed by atoms with van der Waals surface area (Å²) in [6.45, 7) is 0. The van der Waals surface area contributed by atoms with E-state index in [1.807, 2.05) is 0 Å². The Bertz CT molecular complexity index is 522. The van der Waals surface area contributed by atoms with Crippen LogP contribution in [0, 0.1) is 0 Å². The number of carbonyl (C=O) groups excluding carboxylic acids is 1. The van der Waals surface area contributed by atoms with E-state index in [1.54, 1.807) is 0 Å². The van der Waals surface area contributed by atoms with Crippen LogP contribution in [0.4, 0.5) is 26.3 Å². The molecule has 1 aliphatic rings. The molecule has 0 aromatic heterocycles. The average Bonchev–Trinajstić information content (AvgIpc) is 2.38. The molecule has 1 N–H and O–H groups in total. The van der Waals surface area contributed by atoms with Gasteiger partial charge < -0.3 is 5.11 Å². The van der Waals surface area contributed by atoms with Crippen molar-refractivity contribution >= 4 is 5.78 Å². The zero-order valence-electron chi connectivity index (χ0n) is 9.72. The van der Waals surface area contributed by atoms with Gasteiger partial charge in [0.1, 0.15) is 0 Å². The molecule has 1 saturated carbocycles. The maximum Gasteiger partial charge on any atom is 0.378 e. The Labute approximate surface area is 109 Å². The summed E-state index contributed by atoms with van der Waals surface area (Å²) in [6, 6.07) is 6.43. The fourth-order valence-electron chi connectivity index (χ4n) is 2.03. The minimum Gasteiger partial charge on any atom is -0.377 e. The number of Topliss-reactive ketones (excluding diaryl/α,β-unsaturated/α-hetero) is 1. The molecule has 0 heterocycles. The van der Waals surface area contributed by atoms with Gasteiger partial charge in [-0.25, -0.2) is 0 Å². The Balaban J connectivity index is 2.32. The van der Waals surface area contributed by atoms with Crippen LogP contribution < -0.4 is 0 Å². The number of hydrogen-bond donors (Lipinski definition) is 1. The van der Waals surface area contributed by atoms with Gasteiger partial charge in [-0.3, -0.25) is 4.79 Å². The Morgan fingerprint density at radius 3 is 1.80 bits per heavy atom. The van der Waals surface area contributed by atoms with Gasteiger partial charge in [-0.05, 0) is 0 Å². The van der Waals surface area contributed by atoms with Crippen molar-refractivity contribution in [1.82, 2.24) is 0 Å². The highest BCUT2D eigenvalue weighted by Crippen LogP contribution is 2.68. The highest BCUT2D eigenvalue weighted by molar-refractivity contribution is 5.97. The van der Waals surface area contributed by atoms with Crippen LogP contribution in [-0.2, 0) is 0 Å². The summed E-state index contributed by atoms with van der Waals surface area (Å²) in [5.41, 5.74) is -4.63. The van der Waals surface area contributed by atoms with Gasteiger partial charge in [0.15, 0.2) is 5.78 Å². The second kappa shape index (κ2) is 3.97. The van der Waals surface area contributed by atoms with Crippen LogP contribution in [0.25, 0.3) is 0 Å². The number of ketones is 1. The number of aliphatic hydroxyl groups is 1. The van der Waals surface area contributed by atoms with Gasteiger partial charge in [-0.1, -0.05) is 30.3 Å². The van der Waals surface area contributed by atoms with Crippen molar-refractivity contribution in [2.24, 2.45) is 0 Å². The first-order valence-corrected chi connectivity index (χ1v) is 5.43. The molecule has 0 saturated heterocycles. The molecular formula is C12H8F6O2. The van der Waals surface area contributed by atoms with Crippen LogP contribution in [0.5, 0.6) is 0 Å². The molecule has 110 valence electrons. The van der Waals surface area contributed by atoms with E-state index < -0.39 is 35.6 Å². The molecule has 1 aliphatic carbocycles. The molecule has 1 fully saturated rings. The van der Waals surface area contributed by atoms with Crippen molar-refractivity contribution in [2.45, 2.75) is 29.8 Å². The Hall–Kier alpha value is -1.57. The Kier molecular flexibility index (Phi) is 2.94. The van der Waals surface area contributed by atoms with E-state index in [-0.39, 0.29) is 5.56 Å². The van der Waals surface area contributed by atoms with Crippen molar-refractivity contribution < 1.29 is 36.2 Å². The van der Waals surface area contributed by atoms with Gasteiger partial charge >= 0.3 is 17.8 Å². The predicted octanol–water partition coefficient (Wildman–Crippen LogP) is 2.91. The number of halogens is 6. The SMILES string of the molecule is O=C(CC1(O)C(F)(F)C(F)(F)C1(F)F)c1ccccc1. The molecule has 8 heteroatoms. The fourth-order valence-corrected chi connectivity index (χ4v) is 2.03. The van der Waals surface area contributed by atoms with Crippen LogP contribution in [0.3, 0.4) is 0 Å². The maximum atomic E-state index is 13.1. The molecule has 20 heavy (non-hydrogen) atoms.